The van der Waals surface area contributed by atoms with E-state index in [9.17, 15) is 14.4 Å². The summed E-state index contributed by atoms with van der Waals surface area (Å²) in [6.07, 6.45) is 0.787. The zero-order chi connectivity index (χ0) is 20.4. The average Bonchev–Trinajstić information content (AvgIpc) is 3.09. The molecule has 9 nitrogen and oxygen atoms in total. The third-order valence-electron chi connectivity index (χ3n) is 3.42. The number of anilines is 1. The number of thioether (sulfide) groups is 1. The van der Waals surface area contributed by atoms with Crippen LogP contribution in [0.15, 0.2) is 34.9 Å². The molecule has 0 fully saturated rings. The lowest BCUT2D eigenvalue weighted by molar-refractivity contribution is -0.128. The number of nitrogens with zero attached hydrogens (tertiary/aromatic N) is 1. The van der Waals surface area contributed by atoms with Crippen LogP contribution in [0.2, 0.25) is 0 Å². The molecule has 0 saturated heterocycles. The predicted molar refractivity (Wildman–Crippen MR) is 105 cm³/mol. The summed E-state index contributed by atoms with van der Waals surface area (Å²) >= 11 is 1.10. The maximum absolute atomic E-state index is 11.8. The van der Waals surface area contributed by atoms with E-state index in [1.807, 2.05) is 25.1 Å². The van der Waals surface area contributed by atoms with Crippen molar-refractivity contribution >= 4 is 35.3 Å². The van der Waals surface area contributed by atoms with Crippen LogP contribution in [-0.2, 0) is 20.8 Å². The quantitative estimate of drug-likeness (QED) is 0.539. The zero-order valence-corrected chi connectivity index (χ0v) is 16.4. The van der Waals surface area contributed by atoms with Crippen LogP contribution >= 0.6 is 11.8 Å². The van der Waals surface area contributed by atoms with Crippen molar-refractivity contribution in [1.29, 1.82) is 0 Å². The van der Waals surface area contributed by atoms with E-state index in [2.05, 4.69) is 21.3 Å². The molecule has 0 spiro atoms. The van der Waals surface area contributed by atoms with Crippen LogP contribution < -0.4 is 20.9 Å². The van der Waals surface area contributed by atoms with Crippen molar-refractivity contribution in [2.45, 2.75) is 20.3 Å². The van der Waals surface area contributed by atoms with Gasteiger partial charge in [-0.2, -0.15) is 0 Å². The highest BCUT2D eigenvalue weighted by atomic mass is 32.2. The SMILES string of the molecule is CCc1ccccc1OCC(=O)NNC(=O)CSCC(=O)Nc1cc(C)on1. The van der Waals surface area contributed by atoms with E-state index in [-0.39, 0.29) is 24.0 Å². The van der Waals surface area contributed by atoms with Crippen LogP contribution in [0.25, 0.3) is 0 Å². The lowest BCUT2D eigenvalue weighted by Crippen LogP contribution is -2.44. The lowest BCUT2D eigenvalue weighted by atomic mass is 10.1. The summed E-state index contributed by atoms with van der Waals surface area (Å²) in [5.41, 5.74) is 5.54. The van der Waals surface area contributed by atoms with E-state index in [4.69, 9.17) is 9.26 Å². The molecular weight excluding hydrogens is 384 g/mol. The molecule has 3 N–H and O–H groups in total. The third kappa shape index (κ3) is 7.31. The average molecular weight is 406 g/mol. The standard InChI is InChI=1S/C18H22N4O5S/c1-3-13-6-4-5-7-14(13)26-9-16(23)20-21-18(25)11-28-10-17(24)19-15-8-12(2)27-22-15/h4-8H,3,9-11H2,1-2H3,(H,20,23)(H,21,25)(H,19,22,24). The van der Waals surface area contributed by atoms with Crippen LogP contribution in [-0.4, -0.2) is 41.0 Å². The number of para-hydroxylation sites is 1. The molecule has 0 radical (unpaired) electrons. The molecule has 0 bridgehead atoms. The van der Waals surface area contributed by atoms with Crippen molar-refractivity contribution in [2.75, 3.05) is 23.4 Å². The smallest absolute Gasteiger partial charge is 0.276 e. The van der Waals surface area contributed by atoms with Gasteiger partial charge >= 0.3 is 0 Å². The second-order valence-corrected chi connectivity index (χ2v) is 6.70. The fourth-order valence-corrected chi connectivity index (χ4v) is 2.75. The predicted octanol–water partition coefficient (Wildman–Crippen LogP) is 1.44. The van der Waals surface area contributed by atoms with Crippen LogP contribution in [0, 0.1) is 6.92 Å². The third-order valence-corrected chi connectivity index (χ3v) is 4.35. The van der Waals surface area contributed by atoms with Gasteiger partial charge < -0.3 is 14.6 Å². The first-order valence-corrected chi connectivity index (χ1v) is 9.72. The van der Waals surface area contributed by atoms with E-state index in [0.29, 0.717) is 17.3 Å². The minimum absolute atomic E-state index is 0.00503. The Kier molecular flexibility index (Phi) is 8.35. The topological polar surface area (TPSA) is 123 Å². The van der Waals surface area contributed by atoms with Gasteiger partial charge in [0.25, 0.3) is 5.91 Å². The second-order valence-electron chi connectivity index (χ2n) is 5.71. The molecule has 1 heterocycles. The monoisotopic (exact) mass is 406 g/mol. The number of carbonyl (C=O) groups excluding carboxylic acids is 3. The Balaban J connectivity index is 1.60. The minimum atomic E-state index is -0.483. The van der Waals surface area contributed by atoms with Gasteiger partial charge in [-0.25, -0.2) is 0 Å². The van der Waals surface area contributed by atoms with E-state index in [0.717, 1.165) is 23.7 Å². The molecule has 0 unspecified atom stereocenters. The van der Waals surface area contributed by atoms with Crippen molar-refractivity contribution in [3.05, 3.63) is 41.7 Å². The Hall–Kier alpha value is -3.01. The summed E-state index contributed by atoms with van der Waals surface area (Å²) in [7, 11) is 0. The van der Waals surface area contributed by atoms with E-state index in [1.165, 1.54) is 0 Å². The number of carbonyl (C=O) groups is 3. The van der Waals surface area contributed by atoms with Crippen molar-refractivity contribution < 1.29 is 23.6 Å². The molecule has 0 aliphatic carbocycles. The molecule has 1 aromatic carbocycles. The summed E-state index contributed by atoms with van der Waals surface area (Å²) in [5, 5.41) is 6.19. The van der Waals surface area contributed by atoms with Gasteiger partial charge in [0.2, 0.25) is 11.8 Å². The molecule has 0 aliphatic rings. The Morgan fingerprint density at radius 1 is 1.11 bits per heavy atom. The number of aryl methyl sites for hydroxylation is 2. The molecule has 0 atom stereocenters. The number of aromatic nitrogens is 1. The lowest BCUT2D eigenvalue weighted by Gasteiger charge is -2.11. The van der Waals surface area contributed by atoms with Gasteiger partial charge in [0.05, 0.1) is 11.5 Å². The molecule has 2 rings (SSSR count). The Bertz CT molecular complexity index is 824. The highest BCUT2D eigenvalue weighted by Crippen LogP contribution is 2.17. The van der Waals surface area contributed by atoms with Gasteiger partial charge in [-0.15, -0.1) is 11.8 Å². The molecular formula is C18H22N4O5S. The van der Waals surface area contributed by atoms with Gasteiger partial charge in [-0.05, 0) is 25.0 Å². The normalized spacial score (nSPS) is 10.2. The molecule has 28 heavy (non-hydrogen) atoms. The largest absolute Gasteiger partial charge is 0.483 e. The Morgan fingerprint density at radius 3 is 2.54 bits per heavy atom. The van der Waals surface area contributed by atoms with Crippen LogP contribution in [0.3, 0.4) is 0 Å². The van der Waals surface area contributed by atoms with E-state index in [1.54, 1.807) is 19.1 Å². The molecule has 0 aliphatic heterocycles. The summed E-state index contributed by atoms with van der Waals surface area (Å²) in [4.78, 5) is 35.2. The van der Waals surface area contributed by atoms with Crippen LogP contribution in [0.5, 0.6) is 5.75 Å². The van der Waals surface area contributed by atoms with Gasteiger partial charge in [0.15, 0.2) is 12.4 Å². The zero-order valence-electron chi connectivity index (χ0n) is 15.6. The van der Waals surface area contributed by atoms with Crippen LogP contribution in [0.1, 0.15) is 18.2 Å². The molecule has 0 saturated carbocycles. The number of amides is 3. The van der Waals surface area contributed by atoms with E-state index >= 15 is 0 Å². The number of rotatable bonds is 9. The van der Waals surface area contributed by atoms with Gasteiger partial charge in [-0.1, -0.05) is 30.3 Å². The number of nitrogens with one attached hydrogen (secondary N) is 3. The maximum atomic E-state index is 11.8. The number of hydrazine groups is 1. The maximum Gasteiger partial charge on any atom is 0.276 e. The molecule has 150 valence electrons. The summed E-state index contributed by atoms with van der Waals surface area (Å²) in [5.74, 6) is 0.383. The number of benzene rings is 1. The molecule has 3 amide bonds. The highest BCUT2D eigenvalue weighted by molar-refractivity contribution is 8.00. The molecule has 2 aromatic rings. The van der Waals surface area contributed by atoms with Gasteiger partial charge in [0.1, 0.15) is 11.5 Å². The minimum Gasteiger partial charge on any atom is -0.483 e. The Morgan fingerprint density at radius 2 is 1.82 bits per heavy atom. The fraction of sp³-hybridized carbons (Fsp3) is 0.333. The first kappa shape index (κ1) is 21.3. The molecule has 10 heteroatoms. The van der Waals surface area contributed by atoms with Crippen molar-refractivity contribution in [2.24, 2.45) is 0 Å². The summed E-state index contributed by atoms with van der Waals surface area (Å²) in [6.45, 7) is 3.49. The number of hydrogen-bond acceptors (Lipinski definition) is 7. The van der Waals surface area contributed by atoms with Gasteiger partial charge in [0, 0.05) is 6.07 Å². The number of ether oxygens (including phenoxy) is 1. The molecule has 1 aromatic heterocycles. The summed E-state index contributed by atoms with van der Waals surface area (Å²) < 4.78 is 10.3. The first-order valence-electron chi connectivity index (χ1n) is 8.57. The van der Waals surface area contributed by atoms with Crippen LogP contribution in [0.4, 0.5) is 5.82 Å². The second kappa shape index (κ2) is 11.0. The van der Waals surface area contributed by atoms with Gasteiger partial charge in [-0.3, -0.25) is 25.2 Å². The Labute approximate surface area is 166 Å². The first-order chi connectivity index (χ1) is 13.5. The fourth-order valence-electron chi connectivity index (χ4n) is 2.13. The van der Waals surface area contributed by atoms with Crippen molar-refractivity contribution in [1.82, 2.24) is 16.0 Å². The summed E-state index contributed by atoms with van der Waals surface area (Å²) in [6, 6.07) is 9.02. The van der Waals surface area contributed by atoms with Crippen molar-refractivity contribution in [3.8, 4) is 5.75 Å². The number of hydrogen-bond donors (Lipinski definition) is 3. The van der Waals surface area contributed by atoms with E-state index < -0.39 is 11.8 Å². The van der Waals surface area contributed by atoms with Crippen molar-refractivity contribution in [3.63, 3.8) is 0 Å². The highest BCUT2D eigenvalue weighted by Gasteiger charge is 2.10.